The molecular formula is C20H18ClN3O2S. The van der Waals surface area contributed by atoms with Crippen LogP contribution in [0.3, 0.4) is 0 Å². The number of aliphatic imine (C=N–C) groups is 1. The van der Waals surface area contributed by atoms with Crippen LogP contribution in [0.2, 0.25) is 5.02 Å². The maximum atomic E-state index is 12.9. The van der Waals surface area contributed by atoms with Crippen LogP contribution < -0.4 is 10.2 Å². The fraction of sp³-hybridized carbons (Fsp3) is 0.200. The van der Waals surface area contributed by atoms with Gasteiger partial charge in [0, 0.05) is 11.2 Å². The highest BCUT2D eigenvalue weighted by Gasteiger charge is 2.38. The maximum absolute atomic E-state index is 12.9. The highest BCUT2D eigenvalue weighted by atomic mass is 35.5. The molecule has 138 valence electrons. The van der Waals surface area contributed by atoms with Crippen molar-refractivity contribution in [2.24, 2.45) is 10.9 Å². The molecule has 1 N–H and O–H groups in total. The number of halogens is 1. The summed E-state index contributed by atoms with van der Waals surface area (Å²) in [6.07, 6.45) is 2.23. The van der Waals surface area contributed by atoms with Crippen molar-refractivity contribution in [3.63, 3.8) is 0 Å². The lowest BCUT2D eigenvalue weighted by atomic mass is 10.1. The Bertz CT molecular complexity index is 941. The molecule has 0 aliphatic carbocycles. The van der Waals surface area contributed by atoms with E-state index in [0.29, 0.717) is 16.4 Å². The first-order valence-electron chi connectivity index (χ1n) is 8.48. The molecule has 0 aromatic heterocycles. The molecule has 0 radical (unpaired) electrons. The van der Waals surface area contributed by atoms with Crippen LogP contribution in [0, 0.1) is 12.8 Å². The zero-order valence-corrected chi connectivity index (χ0v) is 16.5. The molecule has 0 spiro atoms. The number of anilines is 1. The number of nitrogens with one attached hydrogen (secondary N) is 1. The van der Waals surface area contributed by atoms with Gasteiger partial charge >= 0.3 is 0 Å². The van der Waals surface area contributed by atoms with E-state index in [0.717, 1.165) is 17.5 Å². The Balaban J connectivity index is 1.90. The monoisotopic (exact) mass is 399 g/mol. The molecule has 1 heterocycles. The molecular weight excluding hydrogens is 382 g/mol. The highest BCUT2D eigenvalue weighted by molar-refractivity contribution is 7.80. The second kappa shape index (κ2) is 7.98. The average Bonchev–Trinajstić information content (AvgIpc) is 2.64. The highest BCUT2D eigenvalue weighted by Crippen LogP contribution is 2.25. The van der Waals surface area contributed by atoms with E-state index in [4.69, 9.17) is 23.8 Å². The van der Waals surface area contributed by atoms with Crippen LogP contribution in [0.4, 0.5) is 11.4 Å². The number of hydrogen-bond acceptors (Lipinski definition) is 4. The van der Waals surface area contributed by atoms with Crippen molar-refractivity contribution in [3.8, 4) is 0 Å². The first-order valence-corrected chi connectivity index (χ1v) is 9.27. The van der Waals surface area contributed by atoms with Gasteiger partial charge in [0.2, 0.25) is 5.91 Å². The number of benzene rings is 2. The third kappa shape index (κ3) is 4.07. The molecule has 0 unspecified atom stereocenters. The van der Waals surface area contributed by atoms with E-state index in [1.165, 1.54) is 11.1 Å². The van der Waals surface area contributed by atoms with Crippen LogP contribution in [-0.2, 0) is 16.0 Å². The van der Waals surface area contributed by atoms with E-state index >= 15 is 0 Å². The van der Waals surface area contributed by atoms with Gasteiger partial charge in [0.1, 0.15) is 0 Å². The van der Waals surface area contributed by atoms with E-state index < -0.39 is 17.7 Å². The number of aryl methyl sites for hydroxylation is 2. The van der Waals surface area contributed by atoms with Gasteiger partial charge in [0.05, 0.1) is 11.4 Å². The van der Waals surface area contributed by atoms with Crippen LogP contribution in [0.5, 0.6) is 0 Å². The smallest absolute Gasteiger partial charge is 0.251 e. The van der Waals surface area contributed by atoms with Gasteiger partial charge in [0.15, 0.2) is 11.0 Å². The van der Waals surface area contributed by atoms with Crippen molar-refractivity contribution in [2.75, 3.05) is 4.90 Å². The molecule has 1 aliphatic rings. The molecule has 1 saturated heterocycles. The summed E-state index contributed by atoms with van der Waals surface area (Å²) in [5, 5.41) is 3.18. The predicted octanol–water partition coefficient (Wildman–Crippen LogP) is 3.98. The molecule has 0 saturated carbocycles. The number of carbonyl (C=O) groups is 2. The summed E-state index contributed by atoms with van der Waals surface area (Å²) in [5.74, 6) is -1.99. The molecule has 2 amide bonds. The first kappa shape index (κ1) is 19.2. The topological polar surface area (TPSA) is 61.8 Å². The Morgan fingerprint density at radius 2 is 1.93 bits per heavy atom. The first-order chi connectivity index (χ1) is 12.9. The van der Waals surface area contributed by atoms with Crippen molar-refractivity contribution in [2.45, 2.75) is 20.3 Å². The lowest BCUT2D eigenvalue weighted by Crippen LogP contribution is -2.58. The summed E-state index contributed by atoms with van der Waals surface area (Å²) < 4.78 is 0. The Morgan fingerprint density at radius 3 is 2.59 bits per heavy atom. The minimum atomic E-state index is -1.07. The largest absolute Gasteiger partial charge is 0.301 e. The molecule has 2 aromatic rings. The fourth-order valence-electron chi connectivity index (χ4n) is 2.72. The summed E-state index contributed by atoms with van der Waals surface area (Å²) in [4.78, 5) is 30.9. The van der Waals surface area contributed by atoms with Crippen molar-refractivity contribution in [3.05, 3.63) is 58.6 Å². The van der Waals surface area contributed by atoms with E-state index in [-0.39, 0.29) is 5.11 Å². The van der Waals surface area contributed by atoms with Crippen LogP contribution in [0.15, 0.2) is 47.5 Å². The quantitative estimate of drug-likeness (QED) is 0.480. The standard InChI is InChI=1S/C20H18ClN3O2S/c1-3-13-5-8-15(9-6-13)24-19(26)16(18(25)23-20(24)27)11-22-17-10-14(21)7-4-12(17)2/h4-11,16H,3H2,1-2H3,(H,23,25,27)/t16-/m1/s1. The fourth-order valence-corrected chi connectivity index (χ4v) is 3.19. The third-order valence-electron chi connectivity index (χ3n) is 4.34. The number of thiocarbonyl (C=S) groups is 1. The summed E-state index contributed by atoms with van der Waals surface area (Å²) >= 11 is 11.2. The molecule has 5 nitrogen and oxygen atoms in total. The molecule has 27 heavy (non-hydrogen) atoms. The predicted molar refractivity (Wildman–Crippen MR) is 112 cm³/mol. The second-order valence-corrected chi connectivity index (χ2v) is 7.00. The van der Waals surface area contributed by atoms with Crippen molar-refractivity contribution in [1.82, 2.24) is 5.32 Å². The van der Waals surface area contributed by atoms with Crippen LogP contribution in [-0.4, -0.2) is 23.1 Å². The molecule has 1 aliphatic heterocycles. The summed E-state index contributed by atoms with van der Waals surface area (Å²) in [5.41, 5.74) is 3.25. The lowest BCUT2D eigenvalue weighted by molar-refractivity contribution is -0.130. The third-order valence-corrected chi connectivity index (χ3v) is 4.86. The number of hydrogen-bond donors (Lipinski definition) is 1. The molecule has 1 fully saturated rings. The number of amides is 2. The zero-order valence-electron chi connectivity index (χ0n) is 14.9. The van der Waals surface area contributed by atoms with Crippen LogP contribution >= 0.6 is 23.8 Å². The van der Waals surface area contributed by atoms with Crippen molar-refractivity contribution < 1.29 is 9.59 Å². The normalized spacial score (nSPS) is 17.5. The molecule has 2 aromatic carbocycles. The van der Waals surface area contributed by atoms with Gasteiger partial charge in [-0.3, -0.25) is 19.5 Å². The van der Waals surface area contributed by atoms with Gasteiger partial charge in [-0.25, -0.2) is 0 Å². The van der Waals surface area contributed by atoms with Gasteiger partial charge < -0.3 is 5.32 Å². The summed E-state index contributed by atoms with van der Waals surface area (Å²) in [6, 6.07) is 12.8. The van der Waals surface area contributed by atoms with Crippen molar-refractivity contribution in [1.29, 1.82) is 0 Å². The molecule has 1 atom stereocenters. The Hall–Kier alpha value is -2.57. The minimum Gasteiger partial charge on any atom is -0.301 e. The van der Waals surface area contributed by atoms with Gasteiger partial charge in [-0.2, -0.15) is 0 Å². The van der Waals surface area contributed by atoms with Gasteiger partial charge in [-0.1, -0.05) is 36.7 Å². The second-order valence-electron chi connectivity index (χ2n) is 6.17. The molecule has 3 rings (SSSR count). The van der Waals surface area contributed by atoms with Crippen LogP contribution in [0.1, 0.15) is 18.1 Å². The van der Waals surface area contributed by atoms with E-state index in [1.54, 1.807) is 12.1 Å². The van der Waals surface area contributed by atoms with Gasteiger partial charge in [-0.15, -0.1) is 0 Å². The lowest BCUT2D eigenvalue weighted by Gasteiger charge is -2.31. The van der Waals surface area contributed by atoms with Crippen LogP contribution in [0.25, 0.3) is 0 Å². The average molecular weight is 400 g/mol. The van der Waals surface area contributed by atoms with Gasteiger partial charge in [0.25, 0.3) is 5.91 Å². The zero-order chi connectivity index (χ0) is 19.6. The van der Waals surface area contributed by atoms with Crippen molar-refractivity contribution >= 4 is 58.3 Å². The summed E-state index contributed by atoms with van der Waals surface area (Å²) in [6.45, 7) is 3.93. The number of rotatable bonds is 4. The summed E-state index contributed by atoms with van der Waals surface area (Å²) in [7, 11) is 0. The minimum absolute atomic E-state index is 0.0674. The van der Waals surface area contributed by atoms with E-state index in [1.807, 2.05) is 37.3 Å². The van der Waals surface area contributed by atoms with E-state index in [9.17, 15) is 9.59 Å². The molecule has 7 heteroatoms. The Morgan fingerprint density at radius 1 is 1.22 bits per heavy atom. The number of carbonyl (C=O) groups excluding carboxylic acids is 2. The number of nitrogens with zero attached hydrogens (tertiary/aromatic N) is 2. The Kier molecular flexibility index (Phi) is 5.68. The SMILES string of the molecule is CCc1ccc(N2C(=O)[C@H](C=Nc3cc(Cl)ccc3C)C(=O)NC2=S)cc1. The Labute approximate surface area is 168 Å². The van der Waals surface area contributed by atoms with E-state index in [2.05, 4.69) is 17.2 Å². The van der Waals surface area contributed by atoms with Gasteiger partial charge in [-0.05, 0) is 61.0 Å². The molecule has 0 bridgehead atoms. The maximum Gasteiger partial charge on any atom is 0.251 e.